The standard InChI is InChI=1S/C10H19N3/c1-7(2)10-9(8(3)11-4)6-12-13(10)5/h6-8,11H,1-5H3. The molecular weight excluding hydrogens is 162 g/mol. The lowest BCUT2D eigenvalue weighted by Crippen LogP contribution is -2.14. The van der Waals surface area contributed by atoms with Gasteiger partial charge in [0.15, 0.2) is 0 Å². The van der Waals surface area contributed by atoms with Crippen LogP contribution in [-0.2, 0) is 7.05 Å². The second kappa shape index (κ2) is 3.92. The fourth-order valence-corrected chi connectivity index (χ4v) is 1.66. The molecule has 1 N–H and O–H groups in total. The molecule has 0 aliphatic rings. The molecule has 0 saturated heterocycles. The van der Waals surface area contributed by atoms with E-state index in [0.29, 0.717) is 12.0 Å². The molecule has 1 rings (SSSR count). The van der Waals surface area contributed by atoms with Crippen LogP contribution in [0.3, 0.4) is 0 Å². The summed E-state index contributed by atoms with van der Waals surface area (Å²) in [6.45, 7) is 6.55. The number of rotatable bonds is 3. The van der Waals surface area contributed by atoms with Crippen molar-refractivity contribution >= 4 is 0 Å². The summed E-state index contributed by atoms with van der Waals surface area (Å²) in [7, 11) is 3.98. The lowest BCUT2D eigenvalue weighted by Gasteiger charge is -2.14. The maximum absolute atomic E-state index is 4.28. The second-order valence-electron chi connectivity index (χ2n) is 3.77. The summed E-state index contributed by atoms with van der Waals surface area (Å²) in [5.74, 6) is 0.526. The normalized spacial score (nSPS) is 13.7. The molecule has 74 valence electrons. The number of nitrogens with one attached hydrogen (secondary N) is 1. The molecular formula is C10H19N3. The summed E-state index contributed by atoms with van der Waals surface area (Å²) in [5.41, 5.74) is 2.63. The first-order valence-corrected chi connectivity index (χ1v) is 4.77. The van der Waals surface area contributed by atoms with Gasteiger partial charge >= 0.3 is 0 Å². The molecule has 0 spiro atoms. The summed E-state index contributed by atoms with van der Waals surface area (Å²) < 4.78 is 1.97. The van der Waals surface area contributed by atoms with E-state index in [1.807, 2.05) is 25.0 Å². The first-order valence-electron chi connectivity index (χ1n) is 4.77. The van der Waals surface area contributed by atoms with Crippen LogP contribution in [-0.4, -0.2) is 16.8 Å². The van der Waals surface area contributed by atoms with Crippen molar-refractivity contribution in [1.29, 1.82) is 0 Å². The Kier molecular flexibility index (Phi) is 3.09. The highest BCUT2D eigenvalue weighted by Gasteiger charge is 2.15. The molecule has 0 saturated carbocycles. The third kappa shape index (κ3) is 1.91. The van der Waals surface area contributed by atoms with E-state index in [2.05, 4.69) is 31.2 Å². The third-order valence-electron chi connectivity index (χ3n) is 2.46. The van der Waals surface area contributed by atoms with Crippen molar-refractivity contribution in [3.63, 3.8) is 0 Å². The molecule has 1 atom stereocenters. The van der Waals surface area contributed by atoms with Crippen LogP contribution >= 0.6 is 0 Å². The minimum atomic E-state index is 0.381. The average Bonchev–Trinajstić information content (AvgIpc) is 2.45. The zero-order valence-electron chi connectivity index (χ0n) is 9.13. The summed E-state index contributed by atoms with van der Waals surface area (Å²) in [4.78, 5) is 0. The third-order valence-corrected chi connectivity index (χ3v) is 2.46. The Morgan fingerprint density at radius 3 is 2.46 bits per heavy atom. The average molecular weight is 181 g/mol. The lowest BCUT2D eigenvalue weighted by molar-refractivity contribution is 0.616. The predicted molar refractivity (Wildman–Crippen MR) is 54.8 cm³/mol. The van der Waals surface area contributed by atoms with Crippen LogP contribution in [0, 0.1) is 0 Å². The van der Waals surface area contributed by atoms with E-state index in [1.165, 1.54) is 11.3 Å². The fourth-order valence-electron chi connectivity index (χ4n) is 1.66. The first kappa shape index (κ1) is 10.3. The minimum absolute atomic E-state index is 0.381. The highest BCUT2D eigenvalue weighted by atomic mass is 15.3. The van der Waals surface area contributed by atoms with Gasteiger partial charge in [0, 0.05) is 24.3 Å². The van der Waals surface area contributed by atoms with Crippen molar-refractivity contribution in [2.45, 2.75) is 32.7 Å². The van der Waals surface area contributed by atoms with Gasteiger partial charge in [-0.25, -0.2) is 0 Å². The van der Waals surface area contributed by atoms with Gasteiger partial charge in [-0.3, -0.25) is 4.68 Å². The fraction of sp³-hybridized carbons (Fsp3) is 0.700. The van der Waals surface area contributed by atoms with Gasteiger partial charge in [-0.2, -0.15) is 5.10 Å². The summed E-state index contributed by atoms with van der Waals surface area (Å²) >= 11 is 0. The maximum Gasteiger partial charge on any atom is 0.0540 e. The number of aromatic nitrogens is 2. The number of hydrogen-bond acceptors (Lipinski definition) is 2. The Morgan fingerprint density at radius 1 is 1.38 bits per heavy atom. The smallest absolute Gasteiger partial charge is 0.0540 e. The number of nitrogens with zero attached hydrogens (tertiary/aromatic N) is 2. The molecule has 0 amide bonds. The van der Waals surface area contributed by atoms with Crippen LogP contribution in [0.25, 0.3) is 0 Å². The van der Waals surface area contributed by atoms with Gasteiger partial charge in [0.05, 0.1) is 6.20 Å². The molecule has 1 aromatic heterocycles. The van der Waals surface area contributed by atoms with Crippen molar-refractivity contribution < 1.29 is 0 Å². The monoisotopic (exact) mass is 181 g/mol. The van der Waals surface area contributed by atoms with Crippen LogP contribution in [0.5, 0.6) is 0 Å². The van der Waals surface area contributed by atoms with Crippen LogP contribution in [0.1, 0.15) is 44.0 Å². The molecule has 1 unspecified atom stereocenters. The maximum atomic E-state index is 4.28. The minimum Gasteiger partial charge on any atom is -0.313 e. The number of aryl methyl sites for hydroxylation is 1. The summed E-state index contributed by atoms with van der Waals surface area (Å²) in [6, 6.07) is 0.381. The zero-order valence-corrected chi connectivity index (χ0v) is 9.13. The molecule has 13 heavy (non-hydrogen) atoms. The predicted octanol–water partition coefficient (Wildman–Crippen LogP) is 1.82. The molecule has 3 heteroatoms. The molecule has 0 aliphatic heterocycles. The van der Waals surface area contributed by atoms with Crippen LogP contribution in [0.4, 0.5) is 0 Å². The Morgan fingerprint density at radius 2 is 2.00 bits per heavy atom. The SMILES string of the molecule is CNC(C)c1cnn(C)c1C(C)C. The van der Waals surface area contributed by atoms with E-state index in [4.69, 9.17) is 0 Å². The van der Waals surface area contributed by atoms with Gasteiger partial charge in [0.25, 0.3) is 0 Å². The van der Waals surface area contributed by atoms with Crippen molar-refractivity contribution in [3.8, 4) is 0 Å². The van der Waals surface area contributed by atoms with E-state index in [0.717, 1.165) is 0 Å². The van der Waals surface area contributed by atoms with E-state index >= 15 is 0 Å². The van der Waals surface area contributed by atoms with Gasteiger partial charge in [-0.05, 0) is 19.9 Å². The van der Waals surface area contributed by atoms with Gasteiger partial charge in [0.2, 0.25) is 0 Å². The van der Waals surface area contributed by atoms with E-state index in [9.17, 15) is 0 Å². The van der Waals surface area contributed by atoms with Crippen molar-refractivity contribution in [3.05, 3.63) is 17.5 Å². The molecule has 0 aromatic carbocycles. The Hall–Kier alpha value is -0.830. The van der Waals surface area contributed by atoms with E-state index in [1.54, 1.807) is 0 Å². The highest BCUT2D eigenvalue weighted by Crippen LogP contribution is 2.23. The van der Waals surface area contributed by atoms with E-state index in [-0.39, 0.29) is 0 Å². The quantitative estimate of drug-likeness (QED) is 0.771. The van der Waals surface area contributed by atoms with E-state index < -0.39 is 0 Å². The van der Waals surface area contributed by atoms with Crippen molar-refractivity contribution in [2.24, 2.45) is 7.05 Å². The molecule has 1 heterocycles. The topological polar surface area (TPSA) is 29.9 Å². The molecule has 3 nitrogen and oxygen atoms in total. The molecule has 0 fully saturated rings. The lowest BCUT2D eigenvalue weighted by atomic mass is 10.0. The summed E-state index contributed by atoms with van der Waals surface area (Å²) in [6.07, 6.45) is 1.95. The Balaban J connectivity index is 3.07. The van der Waals surface area contributed by atoms with Crippen LogP contribution in [0.15, 0.2) is 6.20 Å². The second-order valence-corrected chi connectivity index (χ2v) is 3.77. The Labute approximate surface area is 80.1 Å². The molecule has 0 bridgehead atoms. The largest absolute Gasteiger partial charge is 0.313 e. The van der Waals surface area contributed by atoms with Crippen LogP contribution < -0.4 is 5.32 Å². The molecule has 0 radical (unpaired) electrons. The first-order chi connectivity index (χ1) is 6.07. The van der Waals surface area contributed by atoms with Crippen molar-refractivity contribution in [1.82, 2.24) is 15.1 Å². The van der Waals surface area contributed by atoms with Gasteiger partial charge in [0.1, 0.15) is 0 Å². The van der Waals surface area contributed by atoms with Crippen molar-refractivity contribution in [2.75, 3.05) is 7.05 Å². The molecule has 1 aromatic rings. The highest BCUT2D eigenvalue weighted by molar-refractivity contribution is 5.23. The van der Waals surface area contributed by atoms with Gasteiger partial charge in [-0.15, -0.1) is 0 Å². The molecule has 0 aliphatic carbocycles. The van der Waals surface area contributed by atoms with Gasteiger partial charge in [-0.1, -0.05) is 13.8 Å². The van der Waals surface area contributed by atoms with Crippen LogP contribution in [0.2, 0.25) is 0 Å². The Bertz CT molecular complexity index is 276. The van der Waals surface area contributed by atoms with Gasteiger partial charge < -0.3 is 5.32 Å². The number of hydrogen-bond donors (Lipinski definition) is 1. The zero-order chi connectivity index (χ0) is 10.0. The summed E-state index contributed by atoms with van der Waals surface area (Å²) in [5, 5.41) is 7.52.